The average molecular weight is 309 g/mol. The topological polar surface area (TPSA) is 35.0 Å². The van der Waals surface area contributed by atoms with E-state index >= 15 is 0 Å². The number of ether oxygens (including phenoxy) is 1. The Morgan fingerprint density at radius 2 is 1.84 bits per heavy atom. The Bertz CT molecular complexity index is 605. The molecule has 0 atom stereocenters. The minimum Gasteiger partial charge on any atom is -0.452 e. The fourth-order valence-electron chi connectivity index (χ4n) is 1.29. The second kappa shape index (κ2) is 5.22. The molecule has 1 aromatic carbocycles. The van der Waals surface area contributed by atoms with Crippen LogP contribution in [0.1, 0.15) is 5.69 Å². The molecule has 0 aliphatic heterocycles. The zero-order chi connectivity index (χ0) is 14.0. The molecule has 0 saturated carbocycles. The van der Waals surface area contributed by atoms with Gasteiger partial charge in [-0.25, -0.2) is 9.97 Å². The van der Waals surface area contributed by atoms with Gasteiger partial charge < -0.3 is 4.74 Å². The summed E-state index contributed by atoms with van der Waals surface area (Å²) < 4.78 is 43.4. The van der Waals surface area contributed by atoms with Gasteiger partial charge in [-0.05, 0) is 18.2 Å². The summed E-state index contributed by atoms with van der Waals surface area (Å²) in [5.74, 6) is -0.548. The molecule has 2 rings (SSSR count). The van der Waals surface area contributed by atoms with Crippen molar-refractivity contribution in [3.8, 4) is 11.5 Å². The van der Waals surface area contributed by atoms with Crippen LogP contribution in [-0.4, -0.2) is 9.97 Å². The fourth-order valence-corrected chi connectivity index (χ4v) is 1.64. The lowest BCUT2D eigenvalue weighted by Gasteiger charge is -2.13. The van der Waals surface area contributed by atoms with E-state index in [-0.39, 0.29) is 5.75 Å². The van der Waals surface area contributed by atoms with Crippen molar-refractivity contribution in [1.29, 1.82) is 0 Å². The van der Waals surface area contributed by atoms with Gasteiger partial charge in [0.25, 0.3) is 0 Å². The highest BCUT2D eigenvalue weighted by atomic mass is 35.5. The number of halogens is 5. The Morgan fingerprint density at radius 3 is 2.47 bits per heavy atom. The molecule has 0 N–H and O–H groups in total. The summed E-state index contributed by atoms with van der Waals surface area (Å²) in [6, 6.07) is 5.88. The van der Waals surface area contributed by atoms with Gasteiger partial charge in [0.2, 0.25) is 0 Å². The lowest BCUT2D eigenvalue weighted by Crippen LogP contribution is -2.10. The van der Waals surface area contributed by atoms with Crippen molar-refractivity contribution in [2.24, 2.45) is 0 Å². The smallest absolute Gasteiger partial charge is 0.437 e. The van der Waals surface area contributed by atoms with Gasteiger partial charge in [-0.3, -0.25) is 0 Å². The molecule has 0 radical (unpaired) electrons. The largest absolute Gasteiger partial charge is 0.452 e. The molecule has 0 amide bonds. The van der Waals surface area contributed by atoms with E-state index in [2.05, 4.69) is 9.97 Å². The van der Waals surface area contributed by atoms with E-state index < -0.39 is 22.8 Å². The van der Waals surface area contributed by atoms with Crippen LogP contribution in [0.25, 0.3) is 0 Å². The van der Waals surface area contributed by atoms with Crippen LogP contribution < -0.4 is 4.74 Å². The maximum absolute atomic E-state index is 12.8. The Morgan fingerprint density at radius 1 is 1.11 bits per heavy atom. The molecule has 0 aliphatic rings. The van der Waals surface area contributed by atoms with Gasteiger partial charge in [0, 0.05) is 5.02 Å². The first-order valence-corrected chi connectivity index (χ1v) is 5.64. The van der Waals surface area contributed by atoms with E-state index in [4.69, 9.17) is 27.9 Å². The zero-order valence-electron chi connectivity index (χ0n) is 9.08. The molecule has 2 aromatic rings. The van der Waals surface area contributed by atoms with Crippen molar-refractivity contribution in [2.45, 2.75) is 6.18 Å². The molecule has 0 saturated heterocycles. The minimum atomic E-state index is -4.69. The monoisotopic (exact) mass is 308 g/mol. The lowest BCUT2D eigenvalue weighted by molar-refractivity contribution is -0.142. The molecule has 0 fully saturated rings. The van der Waals surface area contributed by atoms with Crippen LogP contribution in [0.2, 0.25) is 10.2 Å². The Hall–Kier alpha value is -1.53. The molecule has 0 aliphatic carbocycles. The Balaban J connectivity index is 2.45. The number of alkyl halides is 3. The van der Waals surface area contributed by atoms with E-state index in [0.717, 1.165) is 6.33 Å². The molecule has 0 bridgehead atoms. The molecular formula is C11H5Cl2F3N2O. The summed E-state index contributed by atoms with van der Waals surface area (Å²) in [5, 5.41) is -0.110. The molecule has 3 nitrogen and oxygen atoms in total. The van der Waals surface area contributed by atoms with Gasteiger partial charge in [-0.2, -0.15) is 13.2 Å². The van der Waals surface area contributed by atoms with Crippen LogP contribution in [0.5, 0.6) is 11.5 Å². The third-order valence-electron chi connectivity index (χ3n) is 2.04. The summed E-state index contributed by atoms with van der Waals surface area (Å²) in [6.07, 6.45) is -3.98. The first kappa shape index (κ1) is 13.9. The number of hydrogen-bond acceptors (Lipinski definition) is 3. The standard InChI is InChI=1S/C11H5Cl2F3N2O/c12-6-2-1-3-7(4-6)19-8-9(11(14,15)16)17-5-18-10(8)13/h1-5H. The average Bonchev–Trinajstić information content (AvgIpc) is 2.30. The fraction of sp³-hybridized carbons (Fsp3) is 0.0909. The highest BCUT2D eigenvalue weighted by Crippen LogP contribution is 2.39. The number of aromatic nitrogens is 2. The highest BCUT2D eigenvalue weighted by molar-refractivity contribution is 6.31. The second-order valence-corrected chi connectivity index (χ2v) is 4.19. The third-order valence-corrected chi connectivity index (χ3v) is 2.55. The van der Waals surface area contributed by atoms with Crippen LogP contribution >= 0.6 is 23.2 Å². The van der Waals surface area contributed by atoms with Crippen molar-refractivity contribution in [2.75, 3.05) is 0 Å². The van der Waals surface area contributed by atoms with E-state index in [0.29, 0.717) is 5.02 Å². The van der Waals surface area contributed by atoms with E-state index in [1.54, 1.807) is 6.07 Å². The number of hydrogen-bond donors (Lipinski definition) is 0. The molecule has 100 valence electrons. The first-order valence-electron chi connectivity index (χ1n) is 4.89. The SMILES string of the molecule is FC(F)(F)c1ncnc(Cl)c1Oc1cccc(Cl)c1. The maximum atomic E-state index is 12.8. The van der Waals surface area contributed by atoms with Crippen LogP contribution in [0.4, 0.5) is 13.2 Å². The minimum absolute atomic E-state index is 0.106. The molecule has 1 aromatic heterocycles. The predicted molar refractivity (Wildman–Crippen MR) is 63.6 cm³/mol. The van der Waals surface area contributed by atoms with Gasteiger partial charge >= 0.3 is 6.18 Å². The van der Waals surface area contributed by atoms with Crippen LogP contribution in [-0.2, 0) is 6.18 Å². The van der Waals surface area contributed by atoms with Gasteiger partial charge in [-0.1, -0.05) is 29.3 Å². The van der Waals surface area contributed by atoms with Gasteiger partial charge in [-0.15, -0.1) is 0 Å². The van der Waals surface area contributed by atoms with Gasteiger partial charge in [0.05, 0.1) is 0 Å². The molecule has 0 spiro atoms. The second-order valence-electron chi connectivity index (χ2n) is 3.40. The zero-order valence-corrected chi connectivity index (χ0v) is 10.6. The lowest BCUT2D eigenvalue weighted by atomic mass is 10.3. The van der Waals surface area contributed by atoms with Crippen molar-refractivity contribution >= 4 is 23.2 Å². The van der Waals surface area contributed by atoms with Crippen molar-refractivity contribution in [3.63, 3.8) is 0 Å². The maximum Gasteiger partial charge on any atom is 0.437 e. The van der Waals surface area contributed by atoms with Crippen molar-refractivity contribution in [3.05, 3.63) is 46.5 Å². The van der Waals surface area contributed by atoms with Crippen LogP contribution in [0.15, 0.2) is 30.6 Å². The van der Waals surface area contributed by atoms with E-state index in [1.807, 2.05) is 0 Å². The molecule has 1 heterocycles. The van der Waals surface area contributed by atoms with Crippen LogP contribution in [0, 0.1) is 0 Å². The molecule has 0 unspecified atom stereocenters. The molecule has 19 heavy (non-hydrogen) atoms. The quantitative estimate of drug-likeness (QED) is 0.761. The normalized spacial score (nSPS) is 11.4. The first-order chi connectivity index (χ1) is 8.88. The van der Waals surface area contributed by atoms with E-state index in [9.17, 15) is 13.2 Å². The Kier molecular flexibility index (Phi) is 3.82. The summed E-state index contributed by atoms with van der Waals surface area (Å²) >= 11 is 11.3. The highest BCUT2D eigenvalue weighted by Gasteiger charge is 2.38. The van der Waals surface area contributed by atoms with Crippen LogP contribution in [0.3, 0.4) is 0 Å². The van der Waals surface area contributed by atoms with Crippen molar-refractivity contribution < 1.29 is 17.9 Å². The number of benzene rings is 1. The van der Waals surface area contributed by atoms with Crippen molar-refractivity contribution in [1.82, 2.24) is 9.97 Å². The summed E-state index contributed by atoms with van der Waals surface area (Å²) in [5.41, 5.74) is -1.24. The predicted octanol–water partition coefficient (Wildman–Crippen LogP) is 4.59. The number of rotatable bonds is 2. The van der Waals surface area contributed by atoms with Gasteiger partial charge in [0.1, 0.15) is 12.1 Å². The third kappa shape index (κ3) is 3.27. The summed E-state index contributed by atoms with van der Waals surface area (Å²) in [4.78, 5) is 6.62. The molecule has 8 heteroatoms. The summed E-state index contributed by atoms with van der Waals surface area (Å²) in [6.45, 7) is 0. The van der Waals surface area contributed by atoms with E-state index in [1.165, 1.54) is 18.2 Å². The summed E-state index contributed by atoms with van der Waals surface area (Å²) in [7, 11) is 0. The molecular weight excluding hydrogens is 304 g/mol. The number of nitrogens with zero attached hydrogens (tertiary/aromatic N) is 2. The Labute approximate surface area is 116 Å². The van der Waals surface area contributed by atoms with Gasteiger partial charge in [0.15, 0.2) is 16.6 Å².